The Hall–Kier alpha value is -0.120. The lowest BCUT2D eigenvalue weighted by Crippen LogP contribution is -2.41. The summed E-state index contributed by atoms with van der Waals surface area (Å²) in [7, 11) is 3.24. The average molecular weight is 202 g/mol. The quantitative estimate of drug-likeness (QED) is 0.709. The maximum Gasteiger partial charge on any atom is 0.164 e. The van der Waals surface area contributed by atoms with Gasteiger partial charge >= 0.3 is 0 Å². The van der Waals surface area contributed by atoms with E-state index in [0.717, 1.165) is 12.8 Å². The second-order valence-electron chi connectivity index (χ2n) is 5.37. The molecule has 3 nitrogen and oxygen atoms in total. The van der Waals surface area contributed by atoms with E-state index in [2.05, 4.69) is 13.8 Å². The number of ether oxygens (including phenoxy) is 2. The molecule has 0 radical (unpaired) electrons. The first kappa shape index (κ1) is 12.0. The minimum Gasteiger partial charge on any atom is -0.392 e. The fourth-order valence-electron chi connectivity index (χ4n) is 2.85. The summed E-state index contributed by atoms with van der Waals surface area (Å²) in [5, 5.41) is 10.1. The molecule has 0 heterocycles. The van der Waals surface area contributed by atoms with Gasteiger partial charge in [0, 0.05) is 19.6 Å². The number of hydrogen-bond acceptors (Lipinski definition) is 3. The maximum atomic E-state index is 10.1. The van der Waals surface area contributed by atoms with E-state index in [-0.39, 0.29) is 23.2 Å². The van der Waals surface area contributed by atoms with E-state index in [1.165, 1.54) is 0 Å². The van der Waals surface area contributed by atoms with Crippen molar-refractivity contribution in [2.75, 3.05) is 14.2 Å². The van der Waals surface area contributed by atoms with E-state index in [9.17, 15) is 5.11 Å². The minimum atomic E-state index is -0.345. The van der Waals surface area contributed by atoms with Crippen LogP contribution in [-0.4, -0.2) is 31.7 Å². The van der Waals surface area contributed by atoms with Crippen molar-refractivity contribution in [3.05, 3.63) is 0 Å². The van der Waals surface area contributed by atoms with Crippen LogP contribution in [0.2, 0.25) is 0 Å². The topological polar surface area (TPSA) is 38.7 Å². The smallest absolute Gasteiger partial charge is 0.164 e. The summed E-state index contributed by atoms with van der Waals surface area (Å²) in [6.45, 7) is 6.37. The van der Waals surface area contributed by atoms with E-state index in [0.29, 0.717) is 0 Å². The largest absolute Gasteiger partial charge is 0.392 e. The van der Waals surface area contributed by atoms with Crippen LogP contribution in [0, 0.1) is 10.8 Å². The second-order valence-corrected chi connectivity index (χ2v) is 5.37. The molecule has 2 atom stereocenters. The zero-order valence-electron chi connectivity index (χ0n) is 9.83. The highest BCUT2D eigenvalue weighted by atomic mass is 16.7. The van der Waals surface area contributed by atoms with Crippen LogP contribution in [0.1, 0.15) is 33.6 Å². The molecule has 84 valence electrons. The summed E-state index contributed by atoms with van der Waals surface area (Å²) in [6.07, 6.45) is 1.07. The summed E-state index contributed by atoms with van der Waals surface area (Å²) in [5.41, 5.74) is -0.115. The molecule has 0 amide bonds. The van der Waals surface area contributed by atoms with Gasteiger partial charge in [-0.15, -0.1) is 0 Å². The fourth-order valence-corrected chi connectivity index (χ4v) is 2.85. The maximum absolute atomic E-state index is 10.1. The molecule has 1 N–H and O–H groups in total. The highest BCUT2D eigenvalue weighted by Crippen LogP contribution is 2.51. The molecule has 0 unspecified atom stereocenters. The Bertz CT molecular complexity index is 199. The van der Waals surface area contributed by atoms with E-state index in [1.54, 1.807) is 14.2 Å². The van der Waals surface area contributed by atoms with Gasteiger partial charge in [-0.2, -0.15) is 0 Å². The number of aliphatic hydroxyl groups excluding tert-OH is 1. The molecule has 14 heavy (non-hydrogen) atoms. The van der Waals surface area contributed by atoms with Crippen LogP contribution in [-0.2, 0) is 9.47 Å². The summed E-state index contributed by atoms with van der Waals surface area (Å²) in [4.78, 5) is 0. The van der Waals surface area contributed by atoms with Gasteiger partial charge in [-0.3, -0.25) is 0 Å². The van der Waals surface area contributed by atoms with Crippen molar-refractivity contribution in [1.29, 1.82) is 0 Å². The van der Waals surface area contributed by atoms with Crippen molar-refractivity contribution >= 4 is 0 Å². The molecular weight excluding hydrogens is 180 g/mol. The molecule has 0 spiro atoms. The summed E-state index contributed by atoms with van der Waals surface area (Å²) >= 11 is 0. The zero-order valence-corrected chi connectivity index (χ0v) is 9.83. The van der Waals surface area contributed by atoms with Gasteiger partial charge in [-0.1, -0.05) is 20.8 Å². The number of hydrogen-bond donors (Lipinski definition) is 1. The monoisotopic (exact) mass is 202 g/mol. The van der Waals surface area contributed by atoms with Crippen molar-refractivity contribution in [1.82, 2.24) is 0 Å². The van der Waals surface area contributed by atoms with Gasteiger partial charge in [-0.05, 0) is 18.3 Å². The molecule has 1 saturated carbocycles. The highest BCUT2D eigenvalue weighted by Gasteiger charge is 2.52. The van der Waals surface area contributed by atoms with Crippen LogP contribution in [0.4, 0.5) is 0 Å². The van der Waals surface area contributed by atoms with Gasteiger partial charge in [0.1, 0.15) is 0 Å². The predicted molar refractivity (Wildman–Crippen MR) is 54.9 cm³/mol. The van der Waals surface area contributed by atoms with E-state index >= 15 is 0 Å². The molecule has 1 fully saturated rings. The molecule has 0 aromatic rings. The van der Waals surface area contributed by atoms with Crippen LogP contribution in [0.5, 0.6) is 0 Å². The van der Waals surface area contributed by atoms with Crippen LogP contribution >= 0.6 is 0 Å². The Morgan fingerprint density at radius 3 is 2.00 bits per heavy atom. The molecule has 0 aromatic heterocycles. The molecule has 3 heteroatoms. The van der Waals surface area contributed by atoms with Gasteiger partial charge in [0.15, 0.2) is 6.29 Å². The number of methoxy groups -OCH3 is 2. The number of rotatable bonds is 3. The normalized spacial score (nSPS) is 36.6. The van der Waals surface area contributed by atoms with Crippen molar-refractivity contribution in [3.8, 4) is 0 Å². The highest BCUT2D eigenvalue weighted by molar-refractivity contribution is 4.99. The zero-order chi connectivity index (χ0) is 11.0. The van der Waals surface area contributed by atoms with Crippen LogP contribution < -0.4 is 0 Å². The first-order chi connectivity index (χ1) is 6.35. The third-order valence-corrected chi connectivity index (χ3v) is 3.33. The van der Waals surface area contributed by atoms with Crippen LogP contribution in [0.25, 0.3) is 0 Å². The Kier molecular flexibility index (Phi) is 3.24. The summed E-state index contributed by atoms with van der Waals surface area (Å²) in [6, 6.07) is 0. The SMILES string of the molecule is COC(OC)[C@]1(C)CC(C)(C)C[C@@H]1O. The lowest BCUT2D eigenvalue weighted by Gasteiger charge is -2.35. The number of aliphatic hydroxyl groups is 1. The molecule has 0 aliphatic heterocycles. The van der Waals surface area contributed by atoms with Crippen LogP contribution in [0.15, 0.2) is 0 Å². The van der Waals surface area contributed by atoms with Gasteiger partial charge in [-0.25, -0.2) is 0 Å². The Balaban J connectivity index is 2.83. The van der Waals surface area contributed by atoms with Gasteiger partial charge in [0.05, 0.1) is 6.10 Å². The fraction of sp³-hybridized carbons (Fsp3) is 1.00. The molecule has 1 aliphatic rings. The van der Waals surface area contributed by atoms with Gasteiger partial charge < -0.3 is 14.6 Å². The van der Waals surface area contributed by atoms with Crippen molar-refractivity contribution in [2.45, 2.75) is 46.0 Å². The Morgan fingerprint density at radius 1 is 1.21 bits per heavy atom. The first-order valence-corrected chi connectivity index (χ1v) is 5.09. The van der Waals surface area contributed by atoms with E-state index < -0.39 is 0 Å². The molecule has 1 rings (SSSR count). The van der Waals surface area contributed by atoms with E-state index in [4.69, 9.17) is 9.47 Å². The van der Waals surface area contributed by atoms with Crippen molar-refractivity contribution < 1.29 is 14.6 Å². The first-order valence-electron chi connectivity index (χ1n) is 5.09. The third-order valence-electron chi connectivity index (χ3n) is 3.33. The van der Waals surface area contributed by atoms with E-state index in [1.807, 2.05) is 6.92 Å². The lowest BCUT2D eigenvalue weighted by molar-refractivity contribution is -0.196. The molecule has 0 aromatic carbocycles. The Morgan fingerprint density at radius 2 is 1.71 bits per heavy atom. The lowest BCUT2D eigenvalue weighted by atomic mass is 9.82. The third kappa shape index (κ3) is 1.95. The Labute approximate surface area is 86.4 Å². The predicted octanol–water partition coefficient (Wildman–Crippen LogP) is 1.79. The second kappa shape index (κ2) is 3.80. The molecule has 1 aliphatic carbocycles. The van der Waals surface area contributed by atoms with Crippen LogP contribution in [0.3, 0.4) is 0 Å². The molecular formula is C11H22O3. The van der Waals surface area contributed by atoms with Crippen molar-refractivity contribution in [2.24, 2.45) is 10.8 Å². The standard InChI is InChI=1S/C11H22O3/c1-10(2)6-8(12)11(3,7-10)9(13-4)14-5/h8-9,12H,6-7H2,1-5H3/t8-,11+/m0/s1. The minimum absolute atomic E-state index is 0.170. The molecule has 0 bridgehead atoms. The summed E-state index contributed by atoms with van der Waals surface area (Å²) in [5.74, 6) is 0. The molecule has 0 saturated heterocycles. The average Bonchev–Trinajstić information content (AvgIpc) is 2.23. The van der Waals surface area contributed by atoms with Gasteiger partial charge in [0.2, 0.25) is 0 Å². The summed E-state index contributed by atoms with van der Waals surface area (Å²) < 4.78 is 10.5. The van der Waals surface area contributed by atoms with Crippen molar-refractivity contribution in [3.63, 3.8) is 0 Å². The van der Waals surface area contributed by atoms with Gasteiger partial charge in [0.25, 0.3) is 0 Å².